The Balaban J connectivity index is 2.49. The molecule has 2 unspecified atom stereocenters. The van der Waals surface area contributed by atoms with Gasteiger partial charge in [-0.25, -0.2) is 4.79 Å². The Morgan fingerprint density at radius 1 is 1.12 bits per heavy atom. The summed E-state index contributed by atoms with van der Waals surface area (Å²) in [7, 11) is -2.74. The van der Waals surface area contributed by atoms with Crippen LogP contribution < -0.4 is 0 Å². The summed E-state index contributed by atoms with van der Waals surface area (Å²) in [5.41, 5.74) is 0. The van der Waals surface area contributed by atoms with Crippen LogP contribution >= 0.6 is 0 Å². The standard InChI is InChI=1S/C16H31NO7Si/c1-5-22-25(23-6-2,24-7-3)10-8-9-21-16(20)15-11-14(19)12-17(15)13(4)18/h14-15,19H,5-12H2,1-4H3. The third-order valence-corrected chi connectivity index (χ3v) is 7.07. The minimum atomic E-state index is -2.74. The second kappa shape index (κ2) is 10.9. The summed E-state index contributed by atoms with van der Waals surface area (Å²) < 4.78 is 22.5. The molecule has 0 saturated carbocycles. The van der Waals surface area contributed by atoms with E-state index in [0.717, 1.165) is 0 Å². The van der Waals surface area contributed by atoms with Gasteiger partial charge in [-0.15, -0.1) is 0 Å². The van der Waals surface area contributed by atoms with E-state index in [9.17, 15) is 14.7 Å². The normalized spacial score (nSPS) is 20.8. The van der Waals surface area contributed by atoms with E-state index in [1.54, 1.807) is 0 Å². The summed E-state index contributed by atoms with van der Waals surface area (Å²) in [5.74, 6) is -0.725. The SMILES string of the molecule is CCO[Si](CCCOC(=O)C1CC(O)CN1C(C)=O)(OCC)OCC. The van der Waals surface area contributed by atoms with Gasteiger partial charge in [-0.2, -0.15) is 0 Å². The van der Waals surface area contributed by atoms with Crippen molar-refractivity contribution in [1.29, 1.82) is 0 Å². The number of ether oxygens (including phenoxy) is 1. The van der Waals surface area contributed by atoms with Crippen LogP contribution in [0.4, 0.5) is 0 Å². The van der Waals surface area contributed by atoms with Gasteiger partial charge in [-0.3, -0.25) is 4.79 Å². The predicted molar refractivity (Wildman–Crippen MR) is 92.8 cm³/mol. The van der Waals surface area contributed by atoms with Crippen molar-refractivity contribution in [2.45, 2.75) is 58.7 Å². The van der Waals surface area contributed by atoms with Gasteiger partial charge in [-0.05, 0) is 27.2 Å². The molecule has 1 heterocycles. The third kappa shape index (κ3) is 6.67. The third-order valence-electron chi connectivity index (χ3n) is 3.92. The largest absolute Gasteiger partial charge is 0.501 e. The first-order valence-electron chi connectivity index (χ1n) is 8.92. The Bertz CT molecular complexity index is 418. The van der Waals surface area contributed by atoms with Gasteiger partial charge < -0.3 is 28.0 Å². The maximum Gasteiger partial charge on any atom is 0.501 e. The molecule has 1 rings (SSSR count). The van der Waals surface area contributed by atoms with Crippen LogP contribution in [0, 0.1) is 0 Å². The van der Waals surface area contributed by atoms with E-state index < -0.39 is 26.9 Å². The molecule has 1 amide bonds. The second-order valence-electron chi connectivity index (χ2n) is 5.83. The van der Waals surface area contributed by atoms with Crippen LogP contribution in [0.5, 0.6) is 0 Å². The summed E-state index contributed by atoms with van der Waals surface area (Å²) in [4.78, 5) is 25.1. The molecule has 0 spiro atoms. The lowest BCUT2D eigenvalue weighted by Crippen LogP contribution is -2.46. The summed E-state index contributed by atoms with van der Waals surface area (Å²) in [6.07, 6.45) is 0.0803. The van der Waals surface area contributed by atoms with Crippen LogP contribution in [0.2, 0.25) is 6.04 Å². The number of β-amino-alcohol motifs (C(OH)–C–C–N with tert-alkyl or cyclic N) is 1. The molecule has 0 bridgehead atoms. The lowest BCUT2D eigenvalue weighted by Gasteiger charge is -2.28. The van der Waals surface area contributed by atoms with Gasteiger partial charge in [0.1, 0.15) is 6.04 Å². The van der Waals surface area contributed by atoms with Crippen molar-refractivity contribution in [2.24, 2.45) is 0 Å². The fourth-order valence-corrected chi connectivity index (χ4v) is 5.52. The zero-order valence-electron chi connectivity index (χ0n) is 15.7. The molecule has 0 aromatic rings. The monoisotopic (exact) mass is 377 g/mol. The Morgan fingerprint density at radius 3 is 2.16 bits per heavy atom. The molecule has 0 aliphatic carbocycles. The minimum Gasteiger partial charge on any atom is -0.464 e. The molecule has 146 valence electrons. The van der Waals surface area contributed by atoms with Crippen LogP contribution in [0.15, 0.2) is 0 Å². The van der Waals surface area contributed by atoms with Crippen molar-refractivity contribution in [1.82, 2.24) is 4.90 Å². The maximum absolute atomic E-state index is 12.2. The van der Waals surface area contributed by atoms with Gasteiger partial charge in [0.25, 0.3) is 0 Å². The Hall–Kier alpha value is -1.00. The van der Waals surface area contributed by atoms with Crippen molar-refractivity contribution in [3.05, 3.63) is 0 Å². The summed E-state index contributed by atoms with van der Waals surface area (Å²) >= 11 is 0. The molecule has 1 fully saturated rings. The van der Waals surface area contributed by atoms with Gasteiger partial charge in [-0.1, -0.05) is 0 Å². The van der Waals surface area contributed by atoms with Gasteiger partial charge >= 0.3 is 14.8 Å². The molecule has 1 aliphatic rings. The number of hydrogen-bond donors (Lipinski definition) is 1. The molecular formula is C16H31NO7Si. The summed E-state index contributed by atoms with van der Waals surface area (Å²) in [5, 5.41) is 9.68. The molecule has 2 atom stereocenters. The average Bonchev–Trinajstić information content (AvgIpc) is 2.94. The maximum atomic E-state index is 12.2. The number of esters is 1. The summed E-state index contributed by atoms with van der Waals surface area (Å²) in [6.45, 7) is 8.91. The van der Waals surface area contributed by atoms with E-state index in [-0.39, 0.29) is 25.5 Å². The number of aliphatic hydroxyl groups excluding tert-OH is 1. The molecule has 1 saturated heterocycles. The highest BCUT2D eigenvalue weighted by atomic mass is 28.4. The van der Waals surface area contributed by atoms with Gasteiger partial charge in [0.05, 0.1) is 12.7 Å². The smallest absolute Gasteiger partial charge is 0.464 e. The number of rotatable bonds is 11. The van der Waals surface area contributed by atoms with Crippen LogP contribution in [-0.2, 0) is 27.6 Å². The van der Waals surface area contributed by atoms with Crippen LogP contribution in [0.1, 0.15) is 40.5 Å². The van der Waals surface area contributed by atoms with Crippen LogP contribution in [0.3, 0.4) is 0 Å². The number of carbonyl (C=O) groups is 2. The fourth-order valence-electron chi connectivity index (χ4n) is 2.94. The van der Waals surface area contributed by atoms with Gasteiger partial charge in [0.15, 0.2) is 0 Å². The topological polar surface area (TPSA) is 94.5 Å². The molecule has 0 aromatic heterocycles. The van der Waals surface area contributed by atoms with Crippen molar-refractivity contribution in [2.75, 3.05) is 33.0 Å². The van der Waals surface area contributed by atoms with E-state index >= 15 is 0 Å². The highest BCUT2D eigenvalue weighted by Gasteiger charge is 2.41. The first-order chi connectivity index (χ1) is 11.9. The van der Waals surface area contributed by atoms with Crippen LogP contribution in [0.25, 0.3) is 0 Å². The van der Waals surface area contributed by atoms with E-state index in [1.807, 2.05) is 20.8 Å². The zero-order chi connectivity index (χ0) is 18.9. The average molecular weight is 378 g/mol. The molecule has 1 N–H and O–H groups in total. The number of carbonyl (C=O) groups excluding carboxylic acids is 2. The van der Waals surface area contributed by atoms with Gasteiger partial charge in [0.2, 0.25) is 5.91 Å². The Labute approximate surface area is 150 Å². The van der Waals surface area contributed by atoms with E-state index in [1.165, 1.54) is 11.8 Å². The van der Waals surface area contributed by atoms with Crippen molar-refractivity contribution < 1.29 is 32.7 Å². The number of aliphatic hydroxyl groups is 1. The Kier molecular flexibility index (Phi) is 9.58. The zero-order valence-corrected chi connectivity index (χ0v) is 16.7. The quantitative estimate of drug-likeness (QED) is 0.325. The predicted octanol–water partition coefficient (Wildman–Crippen LogP) is 0.950. The first kappa shape index (κ1) is 22.0. The van der Waals surface area contributed by atoms with E-state index in [0.29, 0.717) is 32.3 Å². The lowest BCUT2D eigenvalue weighted by atomic mass is 10.2. The number of amides is 1. The van der Waals surface area contributed by atoms with E-state index in [2.05, 4.69) is 0 Å². The van der Waals surface area contributed by atoms with E-state index in [4.69, 9.17) is 18.0 Å². The molecule has 9 heteroatoms. The highest BCUT2D eigenvalue weighted by Crippen LogP contribution is 2.21. The lowest BCUT2D eigenvalue weighted by molar-refractivity contribution is -0.152. The molecule has 1 aliphatic heterocycles. The Morgan fingerprint density at radius 2 is 1.68 bits per heavy atom. The number of hydrogen-bond acceptors (Lipinski definition) is 7. The molecule has 25 heavy (non-hydrogen) atoms. The molecule has 0 radical (unpaired) electrons. The van der Waals surface area contributed by atoms with Gasteiger partial charge in [0, 0.05) is 45.8 Å². The highest BCUT2D eigenvalue weighted by molar-refractivity contribution is 6.60. The molecular weight excluding hydrogens is 346 g/mol. The first-order valence-corrected chi connectivity index (χ1v) is 10.9. The fraction of sp³-hybridized carbons (Fsp3) is 0.875. The number of likely N-dealkylation sites (tertiary alicyclic amines) is 1. The summed E-state index contributed by atoms with van der Waals surface area (Å²) in [6, 6.07) is -0.153. The molecule has 8 nitrogen and oxygen atoms in total. The van der Waals surface area contributed by atoms with Crippen molar-refractivity contribution >= 4 is 20.7 Å². The second-order valence-corrected chi connectivity index (χ2v) is 8.56. The van der Waals surface area contributed by atoms with Crippen LogP contribution in [-0.4, -0.2) is 75.8 Å². The van der Waals surface area contributed by atoms with Crippen molar-refractivity contribution in [3.8, 4) is 0 Å². The van der Waals surface area contributed by atoms with Crippen molar-refractivity contribution in [3.63, 3.8) is 0 Å². The molecule has 0 aromatic carbocycles. The number of nitrogens with zero attached hydrogens (tertiary/aromatic N) is 1. The minimum absolute atomic E-state index is 0.171.